The van der Waals surface area contributed by atoms with Crippen LogP contribution in [-0.4, -0.2) is 18.6 Å². The van der Waals surface area contributed by atoms with Gasteiger partial charge in [0, 0.05) is 30.9 Å². The number of rotatable bonds is 4. The highest BCUT2D eigenvalue weighted by Gasteiger charge is 2.28. The second-order valence-corrected chi connectivity index (χ2v) is 7.03. The van der Waals surface area contributed by atoms with Crippen molar-refractivity contribution in [2.45, 2.75) is 58.7 Å². The third kappa shape index (κ3) is 3.17. The summed E-state index contributed by atoms with van der Waals surface area (Å²) in [4.78, 5) is 2.59. The molecule has 2 nitrogen and oxygen atoms in total. The van der Waals surface area contributed by atoms with Crippen molar-refractivity contribution in [2.24, 2.45) is 11.8 Å². The molecule has 20 heavy (non-hydrogen) atoms. The van der Waals surface area contributed by atoms with Gasteiger partial charge in [-0.3, -0.25) is 0 Å². The zero-order valence-electron chi connectivity index (χ0n) is 13.1. The molecule has 2 fully saturated rings. The Morgan fingerprint density at radius 2 is 1.80 bits per heavy atom. The fourth-order valence-electron chi connectivity index (χ4n) is 3.41. The van der Waals surface area contributed by atoms with E-state index in [1.54, 1.807) is 0 Å². The molecule has 1 aromatic rings. The summed E-state index contributed by atoms with van der Waals surface area (Å²) in [7, 11) is 0. The predicted octanol–water partition coefficient (Wildman–Crippen LogP) is 3.81. The molecule has 0 amide bonds. The normalized spacial score (nSPS) is 30.6. The van der Waals surface area contributed by atoms with E-state index >= 15 is 0 Å². The number of hydrogen-bond donors (Lipinski definition) is 1. The molecule has 0 spiro atoms. The number of anilines is 1. The lowest BCUT2D eigenvalue weighted by atomic mass is 9.85. The van der Waals surface area contributed by atoms with Crippen molar-refractivity contribution >= 4 is 5.69 Å². The number of nitrogens with one attached hydrogen (secondary N) is 1. The van der Waals surface area contributed by atoms with E-state index in [0.717, 1.165) is 24.4 Å². The van der Waals surface area contributed by atoms with E-state index in [1.807, 2.05) is 0 Å². The van der Waals surface area contributed by atoms with Crippen molar-refractivity contribution in [3.63, 3.8) is 0 Å². The SMILES string of the molecule is CC1CC(C)C(C)N(c2ccc(CNC3CC3)cc2)C1. The molecule has 1 N–H and O–H groups in total. The van der Waals surface area contributed by atoms with Gasteiger partial charge in [0.15, 0.2) is 0 Å². The molecule has 2 heteroatoms. The zero-order valence-corrected chi connectivity index (χ0v) is 13.1. The molecule has 110 valence electrons. The highest BCUT2D eigenvalue weighted by Crippen LogP contribution is 2.31. The van der Waals surface area contributed by atoms with Crippen molar-refractivity contribution in [2.75, 3.05) is 11.4 Å². The molecule has 2 aliphatic rings. The van der Waals surface area contributed by atoms with Crippen LogP contribution in [0.3, 0.4) is 0 Å². The van der Waals surface area contributed by atoms with Crippen molar-refractivity contribution in [3.8, 4) is 0 Å². The first-order valence-corrected chi connectivity index (χ1v) is 8.22. The monoisotopic (exact) mass is 272 g/mol. The van der Waals surface area contributed by atoms with Gasteiger partial charge in [0.1, 0.15) is 0 Å². The van der Waals surface area contributed by atoms with Crippen LogP contribution in [0, 0.1) is 11.8 Å². The van der Waals surface area contributed by atoms with Crippen LogP contribution in [0.2, 0.25) is 0 Å². The largest absolute Gasteiger partial charge is 0.368 e. The Morgan fingerprint density at radius 1 is 1.10 bits per heavy atom. The zero-order chi connectivity index (χ0) is 14.1. The van der Waals surface area contributed by atoms with Crippen LogP contribution in [0.1, 0.15) is 45.6 Å². The van der Waals surface area contributed by atoms with Crippen LogP contribution in [0.5, 0.6) is 0 Å². The average molecular weight is 272 g/mol. The quantitative estimate of drug-likeness (QED) is 0.896. The van der Waals surface area contributed by atoms with E-state index in [1.165, 1.54) is 37.1 Å². The molecule has 0 radical (unpaired) electrons. The van der Waals surface area contributed by atoms with Gasteiger partial charge < -0.3 is 10.2 Å². The summed E-state index contributed by atoms with van der Waals surface area (Å²) < 4.78 is 0. The fourth-order valence-corrected chi connectivity index (χ4v) is 3.41. The third-order valence-electron chi connectivity index (χ3n) is 5.04. The Kier molecular flexibility index (Phi) is 4.02. The number of nitrogens with zero attached hydrogens (tertiary/aromatic N) is 1. The summed E-state index contributed by atoms with van der Waals surface area (Å²) in [5.41, 5.74) is 2.80. The summed E-state index contributed by atoms with van der Waals surface area (Å²) in [5, 5.41) is 3.58. The molecule has 1 aromatic carbocycles. The van der Waals surface area contributed by atoms with Gasteiger partial charge in [0.2, 0.25) is 0 Å². The minimum atomic E-state index is 0.654. The molecule has 1 aliphatic carbocycles. The summed E-state index contributed by atoms with van der Waals surface area (Å²) in [6.07, 6.45) is 4.08. The van der Waals surface area contributed by atoms with Crippen molar-refractivity contribution in [3.05, 3.63) is 29.8 Å². The molecule has 0 aromatic heterocycles. The Hall–Kier alpha value is -1.02. The second-order valence-electron chi connectivity index (χ2n) is 7.03. The molecule has 1 heterocycles. The Morgan fingerprint density at radius 3 is 2.45 bits per heavy atom. The minimum absolute atomic E-state index is 0.654. The maximum Gasteiger partial charge on any atom is 0.0368 e. The van der Waals surface area contributed by atoms with E-state index in [2.05, 4.69) is 55.3 Å². The van der Waals surface area contributed by atoms with Gasteiger partial charge in [0.05, 0.1) is 0 Å². The maximum absolute atomic E-state index is 3.58. The van der Waals surface area contributed by atoms with E-state index in [0.29, 0.717) is 6.04 Å². The van der Waals surface area contributed by atoms with Gasteiger partial charge in [-0.2, -0.15) is 0 Å². The van der Waals surface area contributed by atoms with Gasteiger partial charge in [0.25, 0.3) is 0 Å². The van der Waals surface area contributed by atoms with Crippen LogP contribution in [-0.2, 0) is 6.54 Å². The van der Waals surface area contributed by atoms with Gasteiger partial charge in [-0.25, -0.2) is 0 Å². The lowest BCUT2D eigenvalue weighted by Crippen LogP contribution is -2.45. The van der Waals surface area contributed by atoms with Gasteiger partial charge in [-0.15, -0.1) is 0 Å². The summed E-state index contributed by atoms with van der Waals surface area (Å²) in [5.74, 6) is 1.59. The van der Waals surface area contributed by atoms with E-state index in [9.17, 15) is 0 Å². The maximum atomic E-state index is 3.58. The second kappa shape index (κ2) is 5.77. The molecule has 1 saturated heterocycles. The van der Waals surface area contributed by atoms with Crippen LogP contribution in [0.15, 0.2) is 24.3 Å². The first-order chi connectivity index (χ1) is 9.63. The number of benzene rings is 1. The van der Waals surface area contributed by atoms with Crippen LogP contribution >= 0.6 is 0 Å². The van der Waals surface area contributed by atoms with Crippen molar-refractivity contribution < 1.29 is 0 Å². The molecule has 0 bridgehead atoms. The Bertz CT molecular complexity index is 435. The average Bonchev–Trinajstić information content (AvgIpc) is 3.25. The topological polar surface area (TPSA) is 15.3 Å². The van der Waals surface area contributed by atoms with Gasteiger partial charge >= 0.3 is 0 Å². The molecule has 3 rings (SSSR count). The molecular weight excluding hydrogens is 244 g/mol. The van der Waals surface area contributed by atoms with Crippen LogP contribution < -0.4 is 10.2 Å². The van der Waals surface area contributed by atoms with Crippen molar-refractivity contribution in [1.82, 2.24) is 5.32 Å². The van der Waals surface area contributed by atoms with Gasteiger partial charge in [-0.05, 0) is 55.7 Å². The fraction of sp³-hybridized carbons (Fsp3) is 0.667. The molecule has 3 atom stereocenters. The van der Waals surface area contributed by atoms with E-state index < -0.39 is 0 Å². The first kappa shape index (κ1) is 13.9. The van der Waals surface area contributed by atoms with Gasteiger partial charge in [-0.1, -0.05) is 26.0 Å². The smallest absolute Gasteiger partial charge is 0.0368 e. The van der Waals surface area contributed by atoms with Crippen LogP contribution in [0.4, 0.5) is 5.69 Å². The number of hydrogen-bond acceptors (Lipinski definition) is 2. The summed E-state index contributed by atoms with van der Waals surface area (Å²) in [6, 6.07) is 10.7. The lowest BCUT2D eigenvalue weighted by molar-refractivity contribution is 0.297. The predicted molar refractivity (Wildman–Crippen MR) is 86.1 cm³/mol. The van der Waals surface area contributed by atoms with Crippen LogP contribution in [0.25, 0.3) is 0 Å². The molecule has 1 aliphatic heterocycles. The first-order valence-electron chi connectivity index (χ1n) is 8.22. The highest BCUT2D eigenvalue weighted by atomic mass is 15.2. The standard InChI is InChI=1S/C18H28N2/c1-13-10-14(2)15(3)20(12-13)18-8-4-16(5-9-18)11-19-17-6-7-17/h4-5,8-9,13-15,17,19H,6-7,10-12H2,1-3H3. The van der Waals surface area contributed by atoms with E-state index in [4.69, 9.17) is 0 Å². The lowest BCUT2D eigenvalue weighted by Gasteiger charge is -2.42. The summed E-state index contributed by atoms with van der Waals surface area (Å²) in [6.45, 7) is 9.36. The van der Waals surface area contributed by atoms with Crippen molar-refractivity contribution in [1.29, 1.82) is 0 Å². The highest BCUT2D eigenvalue weighted by molar-refractivity contribution is 5.49. The number of piperidine rings is 1. The molecule has 3 unspecified atom stereocenters. The Balaban J connectivity index is 1.66. The molecular formula is C18H28N2. The summed E-state index contributed by atoms with van der Waals surface area (Å²) >= 11 is 0. The molecule has 1 saturated carbocycles. The third-order valence-corrected chi connectivity index (χ3v) is 5.04. The minimum Gasteiger partial charge on any atom is -0.368 e. The van der Waals surface area contributed by atoms with E-state index in [-0.39, 0.29) is 0 Å². The Labute approximate surface area is 123 Å².